The molecular weight excluding hydrogens is 256 g/mol. The summed E-state index contributed by atoms with van der Waals surface area (Å²) in [6, 6.07) is 0.530. The molecule has 7 nitrogen and oxygen atoms in total. The highest BCUT2D eigenvalue weighted by atomic mass is 16.5. The summed E-state index contributed by atoms with van der Waals surface area (Å²) in [4.78, 5) is 15.8. The Morgan fingerprint density at radius 2 is 2.35 bits per heavy atom. The van der Waals surface area contributed by atoms with Crippen LogP contribution in [0.1, 0.15) is 25.1 Å². The lowest BCUT2D eigenvalue weighted by Gasteiger charge is -2.09. The Labute approximate surface area is 117 Å². The van der Waals surface area contributed by atoms with E-state index in [2.05, 4.69) is 25.3 Å². The molecule has 1 saturated heterocycles. The highest BCUT2D eigenvalue weighted by Crippen LogP contribution is 2.13. The number of anilines is 1. The Balaban J connectivity index is 1.44. The molecule has 20 heavy (non-hydrogen) atoms. The van der Waals surface area contributed by atoms with Crippen LogP contribution in [-0.2, 0) is 11.2 Å². The van der Waals surface area contributed by atoms with Gasteiger partial charge in [0, 0.05) is 19.1 Å². The highest BCUT2D eigenvalue weighted by Gasteiger charge is 2.13. The lowest BCUT2D eigenvalue weighted by atomic mass is 10.2. The van der Waals surface area contributed by atoms with E-state index in [1.807, 2.05) is 0 Å². The fourth-order valence-corrected chi connectivity index (χ4v) is 2.42. The number of hydrogen-bond donors (Lipinski definition) is 3. The van der Waals surface area contributed by atoms with Gasteiger partial charge in [-0.2, -0.15) is 0 Å². The molecule has 1 aliphatic rings. The third-order valence-electron chi connectivity index (χ3n) is 3.55. The molecule has 2 aromatic rings. The summed E-state index contributed by atoms with van der Waals surface area (Å²) < 4.78 is 5.32. The molecule has 7 heteroatoms. The summed E-state index contributed by atoms with van der Waals surface area (Å²) >= 11 is 0. The Bertz CT molecular complexity index is 563. The monoisotopic (exact) mass is 276 g/mol. The number of rotatable bonds is 6. The van der Waals surface area contributed by atoms with Gasteiger partial charge in [-0.3, -0.25) is 0 Å². The van der Waals surface area contributed by atoms with E-state index in [0.717, 1.165) is 56.8 Å². The third-order valence-corrected chi connectivity index (χ3v) is 3.55. The predicted octanol–water partition coefficient (Wildman–Crippen LogP) is 0.636. The molecule has 1 aliphatic heterocycles. The normalized spacial score (nSPS) is 18.9. The standard InChI is InChI=1S/C13H20N6O/c14-12-11-13(17-8-16-11)19-10(18-12)3-1-2-5-15-9-4-6-20-7-9/h8-9,15H,1-7H2,(H3,14,16,17,18,19)/t9-/m0/s1. The fraction of sp³-hybridized carbons (Fsp3) is 0.615. The SMILES string of the molecule is Nc1nc(CCCCN[C@H]2CCOC2)nc2nc[nH]c12. The maximum absolute atomic E-state index is 5.87. The highest BCUT2D eigenvalue weighted by molar-refractivity contribution is 5.80. The Kier molecular flexibility index (Phi) is 4.08. The number of aromatic nitrogens is 4. The van der Waals surface area contributed by atoms with Crippen molar-refractivity contribution in [2.24, 2.45) is 0 Å². The second-order valence-corrected chi connectivity index (χ2v) is 5.10. The molecule has 108 valence electrons. The van der Waals surface area contributed by atoms with Gasteiger partial charge in [-0.1, -0.05) is 0 Å². The number of aromatic amines is 1. The molecule has 3 heterocycles. The van der Waals surface area contributed by atoms with E-state index >= 15 is 0 Å². The number of aryl methyl sites for hydroxylation is 1. The molecule has 0 saturated carbocycles. The Morgan fingerprint density at radius 1 is 1.40 bits per heavy atom. The minimum Gasteiger partial charge on any atom is -0.382 e. The number of nitrogens with two attached hydrogens (primary N) is 1. The van der Waals surface area contributed by atoms with E-state index in [0.29, 0.717) is 17.5 Å². The molecule has 1 atom stereocenters. The summed E-state index contributed by atoms with van der Waals surface area (Å²) in [5.74, 6) is 1.25. The van der Waals surface area contributed by atoms with Gasteiger partial charge in [0.05, 0.1) is 12.9 Å². The molecule has 0 unspecified atom stereocenters. The number of ether oxygens (including phenoxy) is 1. The molecule has 2 aromatic heterocycles. The van der Waals surface area contributed by atoms with Crippen LogP contribution in [0.2, 0.25) is 0 Å². The molecule has 0 aliphatic carbocycles. The van der Waals surface area contributed by atoms with Crippen molar-refractivity contribution in [3.05, 3.63) is 12.2 Å². The van der Waals surface area contributed by atoms with Crippen LogP contribution in [-0.4, -0.2) is 45.7 Å². The van der Waals surface area contributed by atoms with Crippen molar-refractivity contribution < 1.29 is 4.74 Å². The van der Waals surface area contributed by atoms with Gasteiger partial charge in [0.25, 0.3) is 0 Å². The van der Waals surface area contributed by atoms with Crippen LogP contribution in [0, 0.1) is 0 Å². The number of nitrogen functional groups attached to an aromatic ring is 1. The average molecular weight is 276 g/mol. The van der Waals surface area contributed by atoms with Gasteiger partial charge in [0.2, 0.25) is 0 Å². The topological polar surface area (TPSA) is 102 Å². The zero-order valence-corrected chi connectivity index (χ0v) is 11.4. The van der Waals surface area contributed by atoms with E-state index in [4.69, 9.17) is 10.5 Å². The molecule has 0 bridgehead atoms. The van der Waals surface area contributed by atoms with Crippen molar-refractivity contribution in [2.75, 3.05) is 25.5 Å². The first-order chi connectivity index (χ1) is 9.83. The lowest BCUT2D eigenvalue weighted by molar-refractivity contribution is 0.190. The summed E-state index contributed by atoms with van der Waals surface area (Å²) in [6.45, 7) is 2.73. The molecule has 3 rings (SSSR count). The van der Waals surface area contributed by atoms with E-state index in [1.54, 1.807) is 6.33 Å². The van der Waals surface area contributed by atoms with Gasteiger partial charge in [-0.25, -0.2) is 15.0 Å². The van der Waals surface area contributed by atoms with E-state index < -0.39 is 0 Å². The lowest BCUT2D eigenvalue weighted by Crippen LogP contribution is -2.30. The van der Waals surface area contributed by atoms with E-state index in [9.17, 15) is 0 Å². The molecule has 1 fully saturated rings. The number of fused-ring (bicyclic) bond motifs is 1. The Morgan fingerprint density at radius 3 is 3.20 bits per heavy atom. The predicted molar refractivity (Wildman–Crippen MR) is 76.3 cm³/mol. The van der Waals surface area contributed by atoms with Crippen molar-refractivity contribution >= 4 is 17.0 Å². The fourth-order valence-electron chi connectivity index (χ4n) is 2.42. The molecule has 0 radical (unpaired) electrons. The minimum atomic E-state index is 0.476. The largest absolute Gasteiger partial charge is 0.382 e. The van der Waals surface area contributed by atoms with Crippen LogP contribution in [0.4, 0.5) is 5.82 Å². The van der Waals surface area contributed by atoms with Crippen LogP contribution < -0.4 is 11.1 Å². The van der Waals surface area contributed by atoms with E-state index in [-0.39, 0.29) is 0 Å². The number of imidazole rings is 1. The van der Waals surface area contributed by atoms with Gasteiger partial charge in [-0.05, 0) is 25.8 Å². The third kappa shape index (κ3) is 3.05. The number of nitrogens with zero attached hydrogens (tertiary/aromatic N) is 3. The number of nitrogens with one attached hydrogen (secondary N) is 2. The first kappa shape index (κ1) is 13.3. The molecule has 0 aromatic carbocycles. The summed E-state index contributed by atoms with van der Waals surface area (Å²) in [5.41, 5.74) is 7.23. The summed E-state index contributed by atoms with van der Waals surface area (Å²) in [7, 11) is 0. The molecule has 4 N–H and O–H groups in total. The van der Waals surface area contributed by atoms with Crippen LogP contribution in [0.15, 0.2) is 6.33 Å². The smallest absolute Gasteiger partial charge is 0.183 e. The van der Waals surface area contributed by atoms with Crippen LogP contribution >= 0.6 is 0 Å². The number of hydrogen-bond acceptors (Lipinski definition) is 6. The van der Waals surface area contributed by atoms with Crippen LogP contribution in [0.3, 0.4) is 0 Å². The van der Waals surface area contributed by atoms with Gasteiger partial charge < -0.3 is 20.8 Å². The first-order valence-electron chi connectivity index (χ1n) is 7.09. The van der Waals surface area contributed by atoms with Crippen molar-refractivity contribution in [1.29, 1.82) is 0 Å². The average Bonchev–Trinajstić information content (AvgIpc) is 3.08. The Hall–Kier alpha value is -1.73. The zero-order valence-electron chi connectivity index (χ0n) is 11.4. The van der Waals surface area contributed by atoms with Crippen molar-refractivity contribution in [2.45, 2.75) is 31.7 Å². The van der Waals surface area contributed by atoms with Gasteiger partial charge in [0.1, 0.15) is 11.3 Å². The zero-order chi connectivity index (χ0) is 13.8. The molecule has 0 spiro atoms. The maximum atomic E-state index is 5.87. The summed E-state index contributed by atoms with van der Waals surface area (Å²) in [5, 5.41) is 3.50. The molecule has 0 amide bonds. The second kappa shape index (κ2) is 6.15. The maximum Gasteiger partial charge on any atom is 0.183 e. The first-order valence-corrected chi connectivity index (χ1v) is 7.09. The van der Waals surface area contributed by atoms with Crippen molar-refractivity contribution in [1.82, 2.24) is 25.3 Å². The van der Waals surface area contributed by atoms with Crippen LogP contribution in [0.5, 0.6) is 0 Å². The second-order valence-electron chi connectivity index (χ2n) is 5.10. The number of H-pyrrole nitrogens is 1. The summed E-state index contributed by atoms with van der Waals surface area (Å²) in [6.07, 6.45) is 5.67. The molecular formula is C13H20N6O. The van der Waals surface area contributed by atoms with Crippen molar-refractivity contribution in [3.63, 3.8) is 0 Å². The van der Waals surface area contributed by atoms with Gasteiger partial charge in [0.15, 0.2) is 11.5 Å². The van der Waals surface area contributed by atoms with E-state index in [1.165, 1.54) is 0 Å². The number of unbranched alkanes of at least 4 members (excludes halogenated alkanes) is 1. The quantitative estimate of drug-likeness (QED) is 0.669. The van der Waals surface area contributed by atoms with Crippen molar-refractivity contribution in [3.8, 4) is 0 Å². The minimum absolute atomic E-state index is 0.476. The van der Waals surface area contributed by atoms with Gasteiger partial charge >= 0.3 is 0 Å². The van der Waals surface area contributed by atoms with Crippen LogP contribution in [0.25, 0.3) is 11.2 Å². The van der Waals surface area contributed by atoms with Gasteiger partial charge in [-0.15, -0.1) is 0 Å².